The first-order valence-corrected chi connectivity index (χ1v) is 7.38. The smallest absolute Gasteiger partial charge is 0.188 e. The monoisotopic (exact) mass is 319 g/mol. The summed E-state index contributed by atoms with van der Waals surface area (Å²) in [7, 11) is 3.87. The van der Waals surface area contributed by atoms with Gasteiger partial charge in [0.25, 0.3) is 0 Å². The van der Waals surface area contributed by atoms with Crippen molar-refractivity contribution in [3.8, 4) is 5.06 Å². The molecule has 1 unspecified atom stereocenters. The van der Waals surface area contributed by atoms with E-state index in [1.807, 2.05) is 0 Å². The average molecular weight is 320 g/mol. The number of methoxy groups -OCH3 is 1. The topological polar surface area (TPSA) is 21.7 Å². The maximum absolute atomic E-state index is 5.40. The summed E-state index contributed by atoms with van der Waals surface area (Å²) in [5, 5.41) is 0.956. The van der Waals surface area contributed by atoms with Gasteiger partial charge < -0.3 is 14.4 Å². The summed E-state index contributed by atoms with van der Waals surface area (Å²) in [6, 6.07) is 2.14. The lowest BCUT2D eigenvalue weighted by molar-refractivity contribution is 0.173. The van der Waals surface area contributed by atoms with Crippen molar-refractivity contribution < 1.29 is 9.47 Å². The zero-order valence-electron chi connectivity index (χ0n) is 10.2. The van der Waals surface area contributed by atoms with Crippen LogP contribution in [0.3, 0.4) is 0 Å². The lowest BCUT2D eigenvalue weighted by atomic mass is 10.1. The van der Waals surface area contributed by atoms with Crippen molar-refractivity contribution in [1.29, 1.82) is 0 Å². The molecule has 0 bridgehead atoms. The van der Waals surface area contributed by atoms with E-state index in [9.17, 15) is 0 Å². The van der Waals surface area contributed by atoms with Crippen LogP contribution in [-0.4, -0.2) is 38.8 Å². The summed E-state index contributed by atoms with van der Waals surface area (Å²) in [5.74, 6) is 0.699. The highest BCUT2D eigenvalue weighted by atomic mass is 79.9. The molecule has 2 rings (SSSR count). The van der Waals surface area contributed by atoms with E-state index in [1.54, 1.807) is 18.4 Å². The van der Waals surface area contributed by atoms with E-state index in [-0.39, 0.29) is 0 Å². The first-order valence-electron chi connectivity index (χ1n) is 5.77. The van der Waals surface area contributed by atoms with E-state index in [2.05, 4.69) is 33.9 Å². The van der Waals surface area contributed by atoms with Gasteiger partial charge in [-0.2, -0.15) is 0 Å². The first-order chi connectivity index (χ1) is 8.19. The molecule has 1 saturated heterocycles. The number of rotatable bonds is 5. The van der Waals surface area contributed by atoms with E-state index in [4.69, 9.17) is 9.47 Å². The van der Waals surface area contributed by atoms with E-state index < -0.39 is 0 Å². The third-order valence-corrected chi connectivity index (χ3v) is 4.84. The van der Waals surface area contributed by atoms with Crippen LogP contribution < -0.4 is 4.74 Å². The van der Waals surface area contributed by atoms with Gasteiger partial charge in [0, 0.05) is 24.6 Å². The molecule has 0 aliphatic carbocycles. The average Bonchev–Trinajstić information content (AvgIpc) is 2.88. The van der Waals surface area contributed by atoms with Gasteiger partial charge in [-0.25, -0.2) is 0 Å². The molecule has 5 heteroatoms. The Morgan fingerprint density at radius 1 is 1.65 bits per heavy atom. The Morgan fingerprint density at radius 2 is 2.47 bits per heavy atom. The van der Waals surface area contributed by atoms with E-state index in [0.717, 1.165) is 35.8 Å². The third-order valence-electron chi connectivity index (χ3n) is 2.91. The number of hydrogen-bond donors (Lipinski definition) is 0. The highest BCUT2D eigenvalue weighted by Crippen LogP contribution is 2.35. The molecule has 0 N–H and O–H groups in total. The number of thiophene rings is 1. The predicted molar refractivity (Wildman–Crippen MR) is 73.8 cm³/mol. The van der Waals surface area contributed by atoms with Crippen LogP contribution in [0.2, 0.25) is 0 Å². The van der Waals surface area contributed by atoms with Gasteiger partial charge in [-0.05, 0) is 41.4 Å². The summed E-state index contributed by atoms with van der Waals surface area (Å²) < 4.78 is 11.7. The number of ether oxygens (including phenoxy) is 2. The van der Waals surface area contributed by atoms with Crippen LogP contribution in [0.1, 0.15) is 11.3 Å². The minimum Gasteiger partial charge on any atom is -0.486 e. The van der Waals surface area contributed by atoms with Crippen molar-refractivity contribution in [2.75, 3.05) is 33.9 Å². The number of halogens is 1. The Kier molecular flexibility index (Phi) is 4.85. The largest absolute Gasteiger partial charge is 0.486 e. The summed E-state index contributed by atoms with van der Waals surface area (Å²) in [4.78, 5) is 3.69. The second kappa shape index (κ2) is 6.18. The molecule has 0 amide bonds. The summed E-state index contributed by atoms with van der Waals surface area (Å²) >= 11 is 5.21. The Morgan fingerprint density at radius 3 is 3.06 bits per heavy atom. The molecule has 0 spiro atoms. The molecule has 2 heterocycles. The Labute approximate surface area is 115 Å². The van der Waals surface area contributed by atoms with E-state index in [1.165, 1.54) is 11.3 Å². The van der Waals surface area contributed by atoms with Gasteiger partial charge in [0.15, 0.2) is 5.06 Å². The summed E-state index contributed by atoms with van der Waals surface area (Å²) in [5.41, 5.74) is 0. The molecule has 96 valence electrons. The quantitative estimate of drug-likeness (QED) is 0.832. The van der Waals surface area contributed by atoms with Crippen LogP contribution in [0.15, 0.2) is 10.5 Å². The van der Waals surface area contributed by atoms with Gasteiger partial charge in [-0.1, -0.05) is 0 Å². The van der Waals surface area contributed by atoms with Crippen molar-refractivity contribution in [3.05, 3.63) is 15.4 Å². The molecular weight excluding hydrogens is 302 g/mol. The zero-order valence-corrected chi connectivity index (χ0v) is 12.6. The van der Waals surface area contributed by atoms with Crippen molar-refractivity contribution >= 4 is 27.3 Å². The van der Waals surface area contributed by atoms with Crippen molar-refractivity contribution in [2.45, 2.75) is 13.0 Å². The Hall–Kier alpha value is -0.100. The summed E-state index contributed by atoms with van der Waals surface area (Å²) in [6.45, 7) is 3.93. The van der Waals surface area contributed by atoms with Gasteiger partial charge >= 0.3 is 0 Å². The molecule has 1 aromatic heterocycles. The fourth-order valence-corrected chi connectivity index (χ4v) is 3.89. The molecule has 1 fully saturated rings. The highest BCUT2D eigenvalue weighted by Gasteiger charge is 2.18. The van der Waals surface area contributed by atoms with Crippen LogP contribution in [0.5, 0.6) is 5.06 Å². The van der Waals surface area contributed by atoms with E-state index >= 15 is 0 Å². The maximum Gasteiger partial charge on any atom is 0.188 e. The second-order valence-electron chi connectivity index (χ2n) is 4.48. The molecule has 0 radical (unpaired) electrons. The van der Waals surface area contributed by atoms with Gasteiger partial charge in [-0.3, -0.25) is 0 Å². The van der Waals surface area contributed by atoms with Gasteiger partial charge in [0.05, 0.1) is 18.2 Å². The SMILES string of the molecule is COc1sc(CN(C)CC2CCOC2)cc1Br. The zero-order chi connectivity index (χ0) is 12.3. The molecule has 3 nitrogen and oxygen atoms in total. The molecule has 1 aliphatic heterocycles. The van der Waals surface area contributed by atoms with Gasteiger partial charge in [0.1, 0.15) is 0 Å². The molecule has 1 aliphatic rings. The molecule has 0 saturated carbocycles. The first kappa shape index (κ1) is 13.3. The van der Waals surface area contributed by atoms with Crippen LogP contribution in [0, 0.1) is 5.92 Å². The second-order valence-corrected chi connectivity index (χ2v) is 6.43. The van der Waals surface area contributed by atoms with Crippen molar-refractivity contribution in [1.82, 2.24) is 4.90 Å². The van der Waals surface area contributed by atoms with Gasteiger partial charge in [0.2, 0.25) is 0 Å². The van der Waals surface area contributed by atoms with Crippen LogP contribution in [0.4, 0.5) is 0 Å². The molecule has 0 aromatic carbocycles. The van der Waals surface area contributed by atoms with Crippen LogP contribution in [0.25, 0.3) is 0 Å². The summed E-state index contributed by atoms with van der Waals surface area (Å²) in [6.07, 6.45) is 1.20. The van der Waals surface area contributed by atoms with E-state index in [0.29, 0.717) is 5.92 Å². The minimum atomic E-state index is 0.699. The van der Waals surface area contributed by atoms with Crippen LogP contribution in [-0.2, 0) is 11.3 Å². The molecule has 1 aromatic rings. The predicted octanol–water partition coefficient (Wildman–Crippen LogP) is 2.99. The molecule has 17 heavy (non-hydrogen) atoms. The number of nitrogens with zero attached hydrogens (tertiary/aromatic N) is 1. The highest BCUT2D eigenvalue weighted by molar-refractivity contribution is 9.10. The van der Waals surface area contributed by atoms with Crippen molar-refractivity contribution in [2.24, 2.45) is 5.92 Å². The van der Waals surface area contributed by atoms with Gasteiger partial charge in [-0.15, -0.1) is 11.3 Å². The number of hydrogen-bond acceptors (Lipinski definition) is 4. The Bertz CT molecular complexity index is 363. The standard InChI is InChI=1S/C12H18BrNO2S/c1-14(6-9-3-4-16-8-9)7-10-5-11(13)12(15-2)17-10/h5,9H,3-4,6-8H2,1-2H3. The lowest BCUT2D eigenvalue weighted by Gasteiger charge is -2.18. The molecule has 1 atom stereocenters. The van der Waals surface area contributed by atoms with Crippen LogP contribution >= 0.6 is 27.3 Å². The van der Waals surface area contributed by atoms with Crippen molar-refractivity contribution in [3.63, 3.8) is 0 Å². The fourth-order valence-electron chi connectivity index (χ4n) is 2.11. The normalized spacial score (nSPS) is 20.1. The maximum atomic E-state index is 5.40. The third kappa shape index (κ3) is 3.68. The lowest BCUT2D eigenvalue weighted by Crippen LogP contribution is -2.25. The molecular formula is C12H18BrNO2S. The fraction of sp³-hybridized carbons (Fsp3) is 0.667. The minimum absolute atomic E-state index is 0.699. The Balaban J connectivity index is 1.86.